The fourth-order valence-electron chi connectivity index (χ4n) is 5.93. The van der Waals surface area contributed by atoms with Crippen LogP contribution in [-0.4, -0.2) is 52.2 Å². The van der Waals surface area contributed by atoms with Gasteiger partial charge in [0.25, 0.3) is 0 Å². The van der Waals surface area contributed by atoms with Gasteiger partial charge in [0, 0.05) is 25.1 Å². The second kappa shape index (κ2) is 12.5. The van der Waals surface area contributed by atoms with Gasteiger partial charge < -0.3 is 18.8 Å². The summed E-state index contributed by atoms with van der Waals surface area (Å²) < 4.78 is 63.3. The van der Waals surface area contributed by atoms with Crippen molar-refractivity contribution in [1.82, 2.24) is 19.7 Å². The number of fused-ring (bicyclic) bond motifs is 2. The largest absolute Gasteiger partial charge is 0.488 e. The second-order valence-corrected chi connectivity index (χ2v) is 11.5. The van der Waals surface area contributed by atoms with E-state index in [0.29, 0.717) is 54.4 Å². The molecule has 1 aliphatic heterocycles. The van der Waals surface area contributed by atoms with Gasteiger partial charge in [-0.25, -0.2) is 27.8 Å². The third-order valence-corrected chi connectivity index (χ3v) is 7.99. The highest BCUT2D eigenvalue weighted by atomic mass is 19.1. The smallest absolute Gasteiger partial charge is 0.203 e. The van der Waals surface area contributed by atoms with Gasteiger partial charge in [-0.3, -0.25) is 4.79 Å². The molecule has 0 amide bonds. The fourth-order valence-corrected chi connectivity index (χ4v) is 5.93. The number of halogens is 3. The zero-order valence-corrected chi connectivity index (χ0v) is 25.7. The van der Waals surface area contributed by atoms with Crippen molar-refractivity contribution in [3.05, 3.63) is 100 Å². The van der Waals surface area contributed by atoms with Crippen LogP contribution in [0.1, 0.15) is 19.6 Å². The van der Waals surface area contributed by atoms with E-state index >= 15 is 4.39 Å². The number of morpholine rings is 1. The van der Waals surface area contributed by atoms with Crippen LogP contribution in [0.15, 0.2) is 76.2 Å². The molecular formula is C35H30F3N5O4. The molecule has 3 aromatic carbocycles. The normalized spacial score (nSPS) is 13.6. The highest BCUT2D eigenvalue weighted by molar-refractivity contribution is 5.99. The Morgan fingerprint density at radius 1 is 0.915 bits per heavy atom. The minimum Gasteiger partial charge on any atom is -0.488 e. The minimum atomic E-state index is -0.729. The maximum Gasteiger partial charge on any atom is 0.203 e. The third kappa shape index (κ3) is 5.80. The Hall–Kier alpha value is -5.23. The van der Waals surface area contributed by atoms with Gasteiger partial charge in [-0.15, -0.1) is 0 Å². The summed E-state index contributed by atoms with van der Waals surface area (Å²) in [5.41, 5.74) is 1.25. The third-order valence-electron chi connectivity index (χ3n) is 7.99. The Morgan fingerprint density at radius 3 is 2.49 bits per heavy atom. The molecule has 0 aliphatic carbocycles. The quantitative estimate of drug-likeness (QED) is 0.185. The number of anilines is 1. The van der Waals surface area contributed by atoms with E-state index in [0.717, 1.165) is 0 Å². The number of nitrogens with zero attached hydrogens (tertiary/aromatic N) is 5. The van der Waals surface area contributed by atoms with Crippen LogP contribution in [0, 0.1) is 17.5 Å². The van der Waals surface area contributed by atoms with Gasteiger partial charge in [0.2, 0.25) is 5.43 Å². The van der Waals surface area contributed by atoms with E-state index < -0.39 is 22.9 Å². The first kappa shape index (κ1) is 30.4. The molecule has 0 N–H and O–H groups in total. The predicted octanol–water partition coefficient (Wildman–Crippen LogP) is 6.55. The summed E-state index contributed by atoms with van der Waals surface area (Å²) in [6.45, 7) is 6.05. The number of rotatable bonds is 8. The average molecular weight is 642 g/mol. The predicted molar refractivity (Wildman–Crippen MR) is 171 cm³/mol. The molecule has 0 saturated carbocycles. The Bertz CT molecular complexity index is 2180. The number of benzene rings is 3. The first-order chi connectivity index (χ1) is 22.8. The Kier molecular flexibility index (Phi) is 8.10. The zero-order chi connectivity index (χ0) is 32.7. The zero-order valence-electron chi connectivity index (χ0n) is 25.7. The van der Waals surface area contributed by atoms with Crippen molar-refractivity contribution >= 4 is 27.8 Å². The van der Waals surface area contributed by atoms with Gasteiger partial charge in [0.05, 0.1) is 36.8 Å². The molecule has 6 aromatic rings. The molecule has 7 rings (SSSR count). The van der Waals surface area contributed by atoms with E-state index in [1.165, 1.54) is 48.8 Å². The molecule has 0 unspecified atom stereocenters. The van der Waals surface area contributed by atoms with Gasteiger partial charge in [0.1, 0.15) is 46.2 Å². The van der Waals surface area contributed by atoms with Crippen molar-refractivity contribution in [2.45, 2.75) is 32.9 Å². The van der Waals surface area contributed by atoms with Crippen LogP contribution in [0.4, 0.5) is 19.0 Å². The van der Waals surface area contributed by atoms with E-state index in [1.807, 2.05) is 13.8 Å². The summed E-state index contributed by atoms with van der Waals surface area (Å²) in [4.78, 5) is 25.0. The standard InChI is InChI=1S/C35H30F3N5O4/c1-20(2)46-26-10-9-22(18-25(26)38)32-31-34(42-13-15-45-16-14-42)39-19-40-35(31)43(41-32)12-11-28-29(21-5-3-6-23(36)17-21)33(44)30-24(37)7-4-8-27(30)47-28/h3-10,17-20H,11-16H2,1-2H3. The number of ether oxygens (including phenoxy) is 2. The van der Waals surface area contributed by atoms with Crippen LogP contribution in [0.5, 0.6) is 5.75 Å². The van der Waals surface area contributed by atoms with Crippen LogP contribution in [0.25, 0.3) is 44.4 Å². The number of hydrogen-bond acceptors (Lipinski definition) is 8. The molecule has 9 nitrogen and oxygen atoms in total. The van der Waals surface area contributed by atoms with Crippen molar-refractivity contribution in [1.29, 1.82) is 0 Å². The van der Waals surface area contributed by atoms with E-state index in [4.69, 9.17) is 19.0 Å². The maximum absolute atomic E-state index is 15.2. The molecule has 4 heterocycles. The fraction of sp³-hybridized carbons (Fsp3) is 0.257. The summed E-state index contributed by atoms with van der Waals surface area (Å²) in [6.07, 6.45) is 1.36. The first-order valence-electron chi connectivity index (χ1n) is 15.3. The summed E-state index contributed by atoms with van der Waals surface area (Å²) in [6, 6.07) is 14.4. The molecular weight excluding hydrogens is 611 g/mol. The van der Waals surface area contributed by atoms with Crippen LogP contribution in [0.2, 0.25) is 0 Å². The molecule has 0 atom stereocenters. The van der Waals surface area contributed by atoms with Gasteiger partial charge >= 0.3 is 0 Å². The molecule has 0 spiro atoms. The summed E-state index contributed by atoms with van der Waals surface area (Å²) in [7, 11) is 0. The molecule has 12 heteroatoms. The molecule has 0 bridgehead atoms. The first-order valence-corrected chi connectivity index (χ1v) is 15.3. The number of hydrogen-bond donors (Lipinski definition) is 0. The molecule has 3 aromatic heterocycles. The number of aromatic nitrogens is 4. The maximum atomic E-state index is 15.2. The average Bonchev–Trinajstić information content (AvgIpc) is 3.44. The van der Waals surface area contributed by atoms with Gasteiger partial charge in [-0.2, -0.15) is 5.10 Å². The Labute approximate surface area is 267 Å². The highest BCUT2D eigenvalue weighted by Gasteiger charge is 2.25. The van der Waals surface area contributed by atoms with E-state index in [-0.39, 0.29) is 52.7 Å². The molecule has 1 saturated heterocycles. The van der Waals surface area contributed by atoms with Crippen molar-refractivity contribution in [3.8, 4) is 28.1 Å². The second-order valence-electron chi connectivity index (χ2n) is 11.5. The summed E-state index contributed by atoms with van der Waals surface area (Å²) in [5.74, 6) is -0.817. The van der Waals surface area contributed by atoms with Crippen LogP contribution in [0.3, 0.4) is 0 Å². The lowest BCUT2D eigenvalue weighted by atomic mass is 10.0. The van der Waals surface area contributed by atoms with E-state index in [1.54, 1.807) is 22.9 Å². The summed E-state index contributed by atoms with van der Waals surface area (Å²) >= 11 is 0. The van der Waals surface area contributed by atoms with Crippen molar-refractivity contribution in [3.63, 3.8) is 0 Å². The van der Waals surface area contributed by atoms with Crippen LogP contribution >= 0.6 is 0 Å². The lowest BCUT2D eigenvalue weighted by molar-refractivity contribution is 0.122. The lowest BCUT2D eigenvalue weighted by Gasteiger charge is -2.28. The van der Waals surface area contributed by atoms with E-state index in [9.17, 15) is 13.6 Å². The highest BCUT2D eigenvalue weighted by Crippen LogP contribution is 2.36. The van der Waals surface area contributed by atoms with Crippen LogP contribution in [-0.2, 0) is 17.7 Å². The SMILES string of the molecule is CC(C)Oc1ccc(-c2nn(CCc3oc4cccc(F)c4c(=O)c3-c3cccc(F)c3)c3ncnc(N4CCOCC4)c23)cc1F. The molecule has 47 heavy (non-hydrogen) atoms. The van der Waals surface area contributed by atoms with E-state index in [2.05, 4.69) is 14.9 Å². The van der Waals surface area contributed by atoms with Gasteiger partial charge in [-0.1, -0.05) is 18.2 Å². The minimum absolute atomic E-state index is 0.0604. The molecule has 240 valence electrons. The number of aryl methyl sites for hydroxylation is 2. The van der Waals surface area contributed by atoms with Crippen molar-refractivity contribution < 1.29 is 27.1 Å². The molecule has 1 aliphatic rings. The molecule has 0 radical (unpaired) electrons. The lowest BCUT2D eigenvalue weighted by Crippen LogP contribution is -2.36. The topological polar surface area (TPSA) is 95.5 Å². The Morgan fingerprint density at radius 2 is 1.72 bits per heavy atom. The van der Waals surface area contributed by atoms with Gasteiger partial charge in [0.15, 0.2) is 17.2 Å². The van der Waals surface area contributed by atoms with Crippen molar-refractivity contribution in [2.75, 3.05) is 31.2 Å². The molecule has 1 fully saturated rings. The monoisotopic (exact) mass is 641 g/mol. The van der Waals surface area contributed by atoms with Gasteiger partial charge in [-0.05, 0) is 61.9 Å². The van der Waals surface area contributed by atoms with Crippen LogP contribution < -0.4 is 15.1 Å². The summed E-state index contributed by atoms with van der Waals surface area (Å²) in [5, 5.41) is 5.30. The van der Waals surface area contributed by atoms with Crippen molar-refractivity contribution in [2.24, 2.45) is 0 Å². The Balaban J connectivity index is 1.36.